The number of nitrogens with one attached hydrogen (secondary N) is 1. The molecule has 1 aliphatic heterocycles. The third-order valence-electron chi connectivity index (χ3n) is 4.29. The maximum atomic E-state index is 12.0. The number of carbonyl (C=O) groups is 3. The molecule has 0 aromatic heterocycles. The normalized spacial score (nSPS) is 20.3. The molecule has 0 unspecified atom stereocenters. The number of likely N-dealkylation sites (tertiary alicyclic amines) is 1. The third kappa shape index (κ3) is 3.86. The summed E-state index contributed by atoms with van der Waals surface area (Å²) in [5.41, 5.74) is 1.62. The van der Waals surface area contributed by atoms with Gasteiger partial charge in [-0.3, -0.25) is 19.3 Å². The van der Waals surface area contributed by atoms with E-state index in [0.29, 0.717) is 31.7 Å². The van der Waals surface area contributed by atoms with Crippen molar-refractivity contribution in [2.45, 2.75) is 38.6 Å². The summed E-state index contributed by atoms with van der Waals surface area (Å²) in [6.45, 7) is 0.304. The number of imide groups is 1. The second kappa shape index (κ2) is 6.77. The number of amides is 3. The Kier molecular flexibility index (Phi) is 4.55. The molecule has 1 aromatic carbocycles. The van der Waals surface area contributed by atoms with E-state index in [1.165, 1.54) is 4.90 Å². The highest BCUT2D eigenvalue weighted by molar-refractivity contribution is 6.01. The van der Waals surface area contributed by atoms with Crippen molar-refractivity contribution in [3.8, 4) is 0 Å². The van der Waals surface area contributed by atoms with Crippen LogP contribution in [0.25, 0.3) is 0 Å². The van der Waals surface area contributed by atoms with Gasteiger partial charge in [0.15, 0.2) is 0 Å². The molecule has 1 fully saturated rings. The van der Waals surface area contributed by atoms with Crippen LogP contribution in [0.15, 0.2) is 36.4 Å². The van der Waals surface area contributed by atoms with Gasteiger partial charge in [0.25, 0.3) is 0 Å². The summed E-state index contributed by atoms with van der Waals surface area (Å²) in [6.07, 6.45) is 7.45. The molecule has 1 N–H and O–H groups in total. The highest BCUT2D eigenvalue weighted by atomic mass is 16.2. The van der Waals surface area contributed by atoms with Gasteiger partial charge in [0.2, 0.25) is 17.7 Å². The molecule has 5 nitrogen and oxygen atoms in total. The number of allylic oxidation sites excluding steroid dienone is 2. The lowest BCUT2D eigenvalue weighted by Gasteiger charge is -2.14. The lowest BCUT2D eigenvalue weighted by atomic mass is 10.0. The Balaban J connectivity index is 1.54. The summed E-state index contributed by atoms with van der Waals surface area (Å²) in [7, 11) is 0. The summed E-state index contributed by atoms with van der Waals surface area (Å²) in [5, 5.41) is 2.89. The number of benzene rings is 1. The van der Waals surface area contributed by atoms with E-state index in [-0.39, 0.29) is 17.7 Å². The van der Waals surface area contributed by atoms with Gasteiger partial charge >= 0.3 is 0 Å². The summed E-state index contributed by atoms with van der Waals surface area (Å²) in [5.74, 6) is 0.134. The first-order valence-electron chi connectivity index (χ1n) is 8.00. The van der Waals surface area contributed by atoms with Crippen LogP contribution in [0.3, 0.4) is 0 Å². The van der Waals surface area contributed by atoms with E-state index in [2.05, 4.69) is 17.5 Å². The smallest absolute Gasteiger partial charge is 0.229 e. The first kappa shape index (κ1) is 15.5. The molecule has 5 heteroatoms. The molecule has 1 saturated heterocycles. The predicted molar refractivity (Wildman–Crippen MR) is 86.3 cm³/mol. The number of hydrogen-bond donors (Lipinski definition) is 1. The quantitative estimate of drug-likeness (QED) is 0.671. The molecule has 0 spiro atoms. The summed E-state index contributed by atoms with van der Waals surface area (Å²) < 4.78 is 0. The molecule has 0 radical (unpaired) electrons. The average Bonchev–Trinajstić information content (AvgIpc) is 3.14. The van der Waals surface area contributed by atoms with Gasteiger partial charge in [0.1, 0.15) is 0 Å². The van der Waals surface area contributed by atoms with Crippen LogP contribution < -0.4 is 5.32 Å². The lowest BCUT2D eigenvalue weighted by Crippen LogP contribution is -2.28. The Bertz CT molecular complexity index is 633. The fourth-order valence-electron chi connectivity index (χ4n) is 2.99. The van der Waals surface area contributed by atoms with E-state index in [1.54, 1.807) is 0 Å². The van der Waals surface area contributed by atoms with Crippen LogP contribution in [0.4, 0.5) is 5.69 Å². The molecule has 0 saturated carbocycles. The third-order valence-corrected chi connectivity index (χ3v) is 4.29. The maximum absolute atomic E-state index is 12.0. The van der Waals surface area contributed by atoms with E-state index in [1.807, 2.05) is 24.3 Å². The second-order valence-corrected chi connectivity index (χ2v) is 6.09. The first-order valence-corrected chi connectivity index (χ1v) is 8.00. The molecule has 23 heavy (non-hydrogen) atoms. The van der Waals surface area contributed by atoms with Crippen LogP contribution in [-0.2, 0) is 20.9 Å². The van der Waals surface area contributed by atoms with Crippen LogP contribution in [0.1, 0.15) is 37.7 Å². The summed E-state index contributed by atoms with van der Waals surface area (Å²) >= 11 is 0. The summed E-state index contributed by atoms with van der Waals surface area (Å²) in [6, 6.07) is 7.29. The van der Waals surface area contributed by atoms with Crippen molar-refractivity contribution in [2.24, 2.45) is 5.92 Å². The number of nitrogens with zero attached hydrogens (tertiary/aromatic N) is 1. The van der Waals surface area contributed by atoms with Crippen LogP contribution in [-0.4, -0.2) is 22.6 Å². The van der Waals surface area contributed by atoms with Gasteiger partial charge < -0.3 is 5.32 Å². The van der Waals surface area contributed by atoms with Gasteiger partial charge in [-0.1, -0.05) is 24.3 Å². The molecule has 3 amide bonds. The molecule has 1 aromatic rings. The molecule has 1 aliphatic carbocycles. The first-order chi connectivity index (χ1) is 11.1. The molecular weight excluding hydrogens is 292 g/mol. The molecule has 3 rings (SSSR count). The fraction of sp³-hybridized carbons (Fsp3) is 0.389. The van der Waals surface area contributed by atoms with Crippen molar-refractivity contribution in [3.05, 3.63) is 42.0 Å². The average molecular weight is 312 g/mol. The minimum absolute atomic E-state index is 0.0131. The van der Waals surface area contributed by atoms with E-state index < -0.39 is 0 Å². The zero-order valence-corrected chi connectivity index (χ0v) is 13.0. The standard InChI is InChI=1S/C18H20N2O3/c21-16(11-13-3-1-2-4-13)19-15-7-5-14(6-8-15)12-20-17(22)9-10-18(20)23/h1,3,5-8,13H,2,4,9-12H2,(H,19,21)/t13-/m0/s1. The van der Waals surface area contributed by atoms with E-state index in [9.17, 15) is 14.4 Å². The lowest BCUT2D eigenvalue weighted by molar-refractivity contribution is -0.139. The van der Waals surface area contributed by atoms with Crippen LogP contribution in [0, 0.1) is 5.92 Å². The Hall–Kier alpha value is -2.43. The Morgan fingerprint density at radius 3 is 2.43 bits per heavy atom. The van der Waals surface area contributed by atoms with Gasteiger partial charge in [0.05, 0.1) is 6.54 Å². The highest BCUT2D eigenvalue weighted by Gasteiger charge is 2.28. The summed E-state index contributed by atoms with van der Waals surface area (Å²) in [4.78, 5) is 36.5. The van der Waals surface area contributed by atoms with E-state index in [0.717, 1.165) is 24.1 Å². The topological polar surface area (TPSA) is 66.5 Å². The van der Waals surface area contributed by atoms with Crippen molar-refractivity contribution in [3.63, 3.8) is 0 Å². The van der Waals surface area contributed by atoms with Crippen molar-refractivity contribution < 1.29 is 14.4 Å². The van der Waals surface area contributed by atoms with Gasteiger partial charge in [-0.15, -0.1) is 0 Å². The van der Waals surface area contributed by atoms with Crippen molar-refractivity contribution in [1.29, 1.82) is 0 Å². The van der Waals surface area contributed by atoms with Crippen LogP contribution >= 0.6 is 0 Å². The molecule has 2 aliphatic rings. The molecule has 1 atom stereocenters. The number of rotatable bonds is 5. The minimum atomic E-state index is -0.114. The van der Waals surface area contributed by atoms with Crippen LogP contribution in [0.5, 0.6) is 0 Å². The van der Waals surface area contributed by atoms with Crippen molar-refractivity contribution >= 4 is 23.4 Å². The molecule has 120 valence electrons. The number of carbonyl (C=O) groups excluding carboxylic acids is 3. The fourth-order valence-corrected chi connectivity index (χ4v) is 2.99. The number of anilines is 1. The molecule has 1 heterocycles. The zero-order chi connectivity index (χ0) is 16.2. The van der Waals surface area contributed by atoms with Crippen LogP contribution in [0.2, 0.25) is 0 Å². The molecular formula is C18H20N2O3. The minimum Gasteiger partial charge on any atom is -0.326 e. The molecule has 0 bridgehead atoms. The monoisotopic (exact) mass is 312 g/mol. The van der Waals surface area contributed by atoms with Gasteiger partial charge in [0, 0.05) is 24.9 Å². The predicted octanol–water partition coefficient (Wildman–Crippen LogP) is 2.63. The zero-order valence-electron chi connectivity index (χ0n) is 13.0. The maximum Gasteiger partial charge on any atom is 0.229 e. The van der Waals surface area contributed by atoms with E-state index in [4.69, 9.17) is 0 Å². The highest BCUT2D eigenvalue weighted by Crippen LogP contribution is 2.21. The van der Waals surface area contributed by atoms with Gasteiger partial charge in [-0.05, 0) is 36.5 Å². The van der Waals surface area contributed by atoms with Crippen molar-refractivity contribution in [1.82, 2.24) is 4.90 Å². The van der Waals surface area contributed by atoms with E-state index >= 15 is 0 Å². The van der Waals surface area contributed by atoms with Gasteiger partial charge in [-0.2, -0.15) is 0 Å². The second-order valence-electron chi connectivity index (χ2n) is 6.09. The Labute approximate surface area is 135 Å². The Morgan fingerprint density at radius 2 is 1.83 bits per heavy atom. The van der Waals surface area contributed by atoms with Gasteiger partial charge in [-0.25, -0.2) is 0 Å². The SMILES string of the molecule is O=C(C[C@H]1C=CCC1)Nc1ccc(CN2C(=O)CCC2=O)cc1. The largest absolute Gasteiger partial charge is 0.326 e. The van der Waals surface area contributed by atoms with Crippen molar-refractivity contribution in [2.75, 3.05) is 5.32 Å². The Morgan fingerprint density at radius 1 is 1.13 bits per heavy atom. The number of hydrogen-bond acceptors (Lipinski definition) is 3.